The molecule has 0 aliphatic heterocycles. The number of alkyl halides is 3. The van der Waals surface area contributed by atoms with Crippen molar-refractivity contribution in [2.24, 2.45) is 0 Å². The van der Waals surface area contributed by atoms with Crippen LogP contribution >= 0.6 is 0 Å². The molecular weight excluding hydrogens is 265 g/mol. The summed E-state index contributed by atoms with van der Waals surface area (Å²) < 4.78 is 38.5. The second kappa shape index (κ2) is 5.45. The molecule has 0 unspecified atom stereocenters. The minimum absolute atomic E-state index is 0.110. The first kappa shape index (κ1) is 14.2. The highest BCUT2D eigenvalue weighted by Crippen LogP contribution is 2.32. The maximum Gasteiger partial charge on any atom is 0.416 e. The maximum atomic E-state index is 12.8. The molecule has 0 bridgehead atoms. The topological polar surface area (TPSA) is 38.0 Å². The average Bonchev–Trinajstić information content (AvgIpc) is 2.39. The number of rotatable bonds is 3. The van der Waals surface area contributed by atoms with Crippen LogP contribution < -0.4 is 11.1 Å². The van der Waals surface area contributed by atoms with Gasteiger partial charge >= 0.3 is 6.18 Å². The minimum atomic E-state index is -4.34. The Balaban J connectivity index is 2.17. The van der Waals surface area contributed by atoms with Crippen molar-refractivity contribution in [1.29, 1.82) is 0 Å². The summed E-state index contributed by atoms with van der Waals surface area (Å²) in [5, 5.41) is 2.99. The van der Waals surface area contributed by atoms with Gasteiger partial charge in [0.05, 0.1) is 5.56 Å². The molecule has 2 nitrogen and oxygen atoms in total. The third kappa shape index (κ3) is 3.23. The van der Waals surface area contributed by atoms with Crippen molar-refractivity contribution >= 4 is 11.4 Å². The highest BCUT2D eigenvalue weighted by Gasteiger charge is 2.32. The fourth-order valence-corrected chi connectivity index (χ4v) is 1.93. The molecule has 0 aliphatic carbocycles. The number of benzene rings is 2. The first-order valence-corrected chi connectivity index (χ1v) is 6.13. The predicted molar refractivity (Wildman–Crippen MR) is 74.4 cm³/mol. The molecule has 20 heavy (non-hydrogen) atoms. The van der Waals surface area contributed by atoms with Gasteiger partial charge in [0.25, 0.3) is 0 Å². The summed E-state index contributed by atoms with van der Waals surface area (Å²) in [6, 6.07) is 10.8. The molecule has 0 heterocycles. The van der Waals surface area contributed by atoms with E-state index in [0.29, 0.717) is 5.69 Å². The second-order valence-electron chi connectivity index (χ2n) is 4.58. The quantitative estimate of drug-likeness (QED) is 0.827. The van der Waals surface area contributed by atoms with Crippen molar-refractivity contribution in [3.05, 3.63) is 59.2 Å². The Morgan fingerprint density at radius 2 is 1.80 bits per heavy atom. The lowest BCUT2D eigenvalue weighted by Gasteiger charge is -2.14. The molecule has 2 aromatic rings. The van der Waals surface area contributed by atoms with Gasteiger partial charge in [0.2, 0.25) is 0 Å². The smallest absolute Gasteiger partial charge is 0.399 e. The van der Waals surface area contributed by atoms with Crippen LogP contribution in [0.15, 0.2) is 42.5 Å². The van der Waals surface area contributed by atoms with Crippen LogP contribution in [0.1, 0.15) is 16.7 Å². The van der Waals surface area contributed by atoms with Crippen LogP contribution in [0.2, 0.25) is 0 Å². The molecule has 106 valence electrons. The molecule has 0 aromatic heterocycles. The maximum absolute atomic E-state index is 12.8. The monoisotopic (exact) mass is 280 g/mol. The normalized spacial score (nSPS) is 11.4. The van der Waals surface area contributed by atoms with Crippen LogP contribution in [0.4, 0.5) is 24.5 Å². The molecule has 5 heteroatoms. The van der Waals surface area contributed by atoms with E-state index in [2.05, 4.69) is 5.32 Å². The van der Waals surface area contributed by atoms with Crippen molar-refractivity contribution in [1.82, 2.24) is 0 Å². The van der Waals surface area contributed by atoms with Gasteiger partial charge in [-0.25, -0.2) is 0 Å². The lowest BCUT2D eigenvalue weighted by molar-refractivity contribution is -0.138. The Labute approximate surface area is 115 Å². The van der Waals surface area contributed by atoms with E-state index in [1.54, 1.807) is 18.2 Å². The fraction of sp³-hybridized carbons (Fsp3) is 0.200. The number of anilines is 2. The average molecular weight is 280 g/mol. The highest BCUT2D eigenvalue weighted by molar-refractivity contribution is 5.56. The number of nitrogens with two attached hydrogens (primary N) is 1. The summed E-state index contributed by atoms with van der Waals surface area (Å²) in [5.41, 5.74) is 7.60. The van der Waals surface area contributed by atoms with E-state index in [4.69, 9.17) is 5.73 Å². The molecule has 2 rings (SSSR count). The zero-order valence-electron chi connectivity index (χ0n) is 11.0. The minimum Gasteiger partial charge on any atom is -0.399 e. The van der Waals surface area contributed by atoms with Crippen molar-refractivity contribution < 1.29 is 13.2 Å². The number of hydrogen-bond acceptors (Lipinski definition) is 2. The molecule has 0 atom stereocenters. The van der Waals surface area contributed by atoms with Crippen LogP contribution in [-0.2, 0) is 12.7 Å². The van der Waals surface area contributed by atoms with Gasteiger partial charge in [-0.1, -0.05) is 18.2 Å². The van der Waals surface area contributed by atoms with E-state index < -0.39 is 11.7 Å². The van der Waals surface area contributed by atoms with E-state index in [-0.39, 0.29) is 12.1 Å². The third-order valence-electron chi connectivity index (χ3n) is 3.08. The Hall–Kier alpha value is -2.17. The Morgan fingerprint density at radius 3 is 2.45 bits per heavy atom. The molecule has 0 fully saturated rings. The Morgan fingerprint density at radius 1 is 1.10 bits per heavy atom. The van der Waals surface area contributed by atoms with Crippen LogP contribution in [0.5, 0.6) is 0 Å². The molecule has 2 aromatic carbocycles. The lowest BCUT2D eigenvalue weighted by atomic mass is 10.1. The zero-order chi connectivity index (χ0) is 14.8. The molecule has 0 amide bonds. The van der Waals surface area contributed by atoms with E-state index in [0.717, 1.165) is 17.3 Å². The van der Waals surface area contributed by atoms with Gasteiger partial charge in [0, 0.05) is 17.9 Å². The number of nitrogens with one attached hydrogen (secondary N) is 1. The summed E-state index contributed by atoms with van der Waals surface area (Å²) >= 11 is 0. The summed E-state index contributed by atoms with van der Waals surface area (Å²) in [6.07, 6.45) is -4.34. The summed E-state index contributed by atoms with van der Waals surface area (Å²) in [7, 11) is 0. The Kier molecular flexibility index (Phi) is 3.88. The van der Waals surface area contributed by atoms with Crippen molar-refractivity contribution in [3.8, 4) is 0 Å². The standard InChI is InChI=1S/C15H15F3N2/c1-10-8-12(6-7-14(10)19)20-9-11-4-2-3-5-13(11)15(16,17)18/h2-8,20H,9,19H2,1H3. The van der Waals surface area contributed by atoms with Gasteiger partial charge in [0.1, 0.15) is 0 Å². The largest absolute Gasteiger partial charge is 0.416 e. The van der Waals surface area contributed by atoms with E-state index in [1.807, 2.05) is 13.0 Å². The van der Waals surface area contributed by atoms with E-state index >= 15 is 0 Å². The first-order valence-electron chi connectivity index (χ1n) is 6.13. The SMILES string of the molecule is Cc1cc(NCc2ccccc2C(F)(F)F)ccc1N. The number of hydrogen-bond donors (Lipinski definition) is 2. The fourth-order valence-electron chi connectivity index (χ4n) is 1.93. The van der Waals surface area contributed by atoms with Gasteiger partial charge in [-0.2, -0.15) is 13.2 Å². The summed E-state index contributed by atoms with van der Waals surface area (Å²) in [5.74, 6) is 0. The van der Waals surface area contributed by atoms with Crippen molar-refractivity contribution in [2.75, 3.05) is 11.1 Å². The second-order valence-corrected chi connectivity index (χ2v) is 4.58. The van der Waals surface area contributed by atoms with Crippen LogP contribution in [0.3, 0.4) is 0 Å². The molecular formula is C15H15F3N2. The van der Waals surface area contributed by atoms with E-state index in [1.165, 1.54) is 12.1 Å². The molecule has 0 saturated carbocycles. The molecule has 0 saturated heterocycles. The summed E-state index contributed by atoms with van der Waals surface area (Å²) in [6.45, 7) is 1.96. The lowest BCUT2D eigenvalue weighted by Crippen LogP contribution is -2.11. The highest BCUT2D eigenvalue weighted by atomic mass is 19.4. The van der Waals surface area contributed by atoms with Crippen LogP contribution in [0, 0.1) is 6.92 Å². The predicted octanol–water partition coefficient (Wildman–Crippen LogP) is 4.21. The zero-order valence-corrected chi connectivity index (χ0v) is 11.0. The molecule has 0 radical (unpaired) electrons. The van der Waals surface area contributed by atoms with Crippen LogP contribution in [0.25, 0.3) is 0 Å². The molecule has 3 N–H and O–H groups in total. The number of halogens is 3. The van der Waals surface area contributed by atoms with Crippen molar-refractivity contribution in [3.63, 3.8) is 0 Å². The molecule has 0 aliphatic rings. The van der Waals surface area contributed by atoms with E-state index in [9.17, 15) is 13.2 Å². The number of aryl methyl sites for hydroxylation is 1. The van der Waals surface area contributed by atoms with Crippen LogP contribution in [-0.4, -0.2) is 0 Å². The van der Waals surface area contributed by atoms with Gasteiger partial charge in [-0.15, -0.1) is 0 Å². The van der Waals surface area contributed by atoms with Crippen molar-refractivity contribution in [2.45, 2.75) is 19.6 Å². The number of nitrogen functional groups attached to an aromatic ring is 1. The van der Waals surface area contributed by atoms with Gasteiger partial charge in [0.15, 0.2) is 0 Å². The van der Waals surface area contributed by atoms with Gasteiger partial charge in [-0.3, -0.25) is 0 Å². The molecule has 0 spiro atoms. The van der Waals surface area contributed by atoms with Gasteiger partial charge in [-0.05, 0) is 42.3 Å². The Bertz CT molecular complexity index is 606. The summed E-state index contributed by atoms with van der Waals surface area (Å²) in [4.78, 5) is 0. The third-order valence-corrected chi connectivity index (χ3v) is 3.08. The first-order chi connectivity index (χ1) is 9.38. The van der Waals surface area contributed by atoms with Gasteiger partial charge < -0.3 is 11.1 Å².